The molecule has 0 fully saturated rings. The van der Waals surface area contributed by atoms with Crippen LogP contribution in [0.25, 0.3) is 0 Å². The SMILES string of the molecule is Cl.Cn1c(CCN)nnc1SCc1cc(C(F)(F)F)ccc1F. The molecule has 0 saturated heterocycles. The van der Waals surface area contributed by atoms with Crippen LogP contribution in [0.15, 0.2) is 23.4 Å². The number of rotatable bonds is 5. The van der Waals surface area contributed by atoms with E-state index in [0.717, 1.165) is 30.0 Å². The summed E-state index contributed by atoms with van der Waals surface area (Å²) in [5, 5.41) is 8.36. The van der Waals surface area contributed by atoms with E-state index in [-0.39, 0.29) is 23.7 Å². The van der Waals surface area contributed by atoms with Crippen LogP contribution in [-0.4, -0.2) is 21.3 Å². The monoisotopic (exact) mass is 370 g/mol. The Hall–Kier alpha value is -1.32. The van der Waals surface area contributed by atoms with Crippen molar-refractivity contribution in [1.29, 1.82) is 0 Å². The van der Waals surface area contributed by atoms with Crippen LogP contribution in [0, 0.1) is 5.82 Å². The van der Waals surface area contributed by atoms with Gasteiger partial charge in [0.25, 0.3) is 0 Å². The van der Waals surface area contributed by atoms with Crippen molar-refractivity contribution < 1.29 is 17.6 Å². The number of thioether (sulfide) groups is 1. The first kappa shape index (κ1) is 19.7. The van der Waals surface area contributed by atoms with E-state index in [9.17, 15) is 17.6 Å². The molecule has 2 rings (SSSR count). The second-order valence-corrected chi connectivity index (χ2v) is 5.53. The summed E-state index contributed by atoms with van der Waals surface area (Å²) < 4.78 is 53.3. The average molecular weight is 371 g/mol. The predicted octanol–water partition coefficient (Wildman–Crippen LogP) is 3.19. The fourth-order valence-corrected chi connectivity index (χ4v) is 2.72. The summed E-state index contributed by atoms with van der Waals surface area (Å²) in [5.41, 5.74) is 4.54. The summed E-state index contributed by atoms with van der Waals surface area (Å²) in [7, 11) is 1.73. The Morgan fingerprint density at radius 2 is 1.96 bits per heavy atom. The minimum absolute atomic E-state index is 0. The second-order valence-electron chi connectivity index (χ2n) is 4.59. The molecule has 0 aliphatic carbocycles. The number of halogens is 5. The van der Waals surface area contributed by atoms with E-state index in [4.69, 9.17) is 5.73 Å². The molecule has 0 amide bonds. The Bertz CT molecular complexity index is 660. The first-order valence-corrected chi connectivity index (χ1v) is 7.38. The van der Waals surface area contributed by atoms with Gasteiger partial charge in [-0.15, -0.1) is 22.6 Å². The number of nitrogens with two attached hydrogens (primary N) is 1. The van der Waals surface area contributed by atoms with Gasteiger partial charge in [-0.3, -0.25) is 0 Å². The second kappa shape index (κ2) is 7.98. The molecule has 10 heteroatoms. The lowest BCUT2D eigenvalue weighted by molar-refractivity contribution is -0.137. The third-order valence-corrected chi connectivity index (χ3v) is 4.09. The highest BCUT2D eigenvalue weighted by Gasteiger charge is 2.31. The zero-order valence-electron chi connectivity index (χ0n) is 12.1. The van der Waals surface area contributed by atoms with Crippen LogP contribution < -0.4 is 5.73 Å². The van der Waals surface area contributed by atoms with E-state index in [0.29, 0.717) is 23.9 Å². The molecular weight excluding hydrogens is 356 g/mol. The van der Waals surface area contributed by atoms with Crippen molar-refractivity contribution in [3.8, 4) is 0 Å². The van der Waals surface area contributed by atoms with E-state index >= 15 is 0 Å². The van der Waals surface area contributed by atoms with Gasteiger partial charge in [0.15, 0.2) is 5.16 Å². The molecule has 4 nitrogen and oxygen atoms in total. The molecule has 0 aliphatic heterocycles. The van der Waals surface area contributed by atoms with Crippen molar-refractivity contribution >= 4 is 24.2 Å². The maximum Gasteiger partial charge on any atom is 0.416 e. The fraction of sp³-hybridized carbons (Fsp3) is 0.385. The predicted molar refractivity (Wildman–Crippen MR) is 82.0 cm³/mol. The summed E-state index contributed by atoms with van der Waals surface area (Å²) in [5.74, 6) is 0.0315. The van der Waals surface area contributed by atoms with Gasteiger partial charge in [-0.1, -0.05) is 11.8 Å². The third-order valence-electron chi connectivity index (χ3n) is 3.02. The standard InChI is InChI=1S/C13H14F4N4S.ClH/c1-21-11(4-5-18)19-20-12(21)22-7-8-6-9(13(15,16)17)2-3-10(8)14;/h2-3,6H,4-5,7,18H2,1H3;1H. The molecule has 0 radical (unpaired) electrons. The van der Waals surface area contributed by atoms with Gasteiger partial charge in [0.1, 0.15) is 11.6 Å². The summed E-state index contributed by atoms with van der Waals surface area (Å²) in [6.07, 6.45) is -3.95. The summed E-state index contributed by atoms with van der Waals surface area (Å²) >= 11 is 1.12. The van der Waals surface area contributed by atoms with Gasteiger partial charge in [0, 0.05) is 19.2 Å². The van der Waals surface area contributed by atoms with Crippen molar-refractivity contribution in [2.75, 3.05) is 6.54 Å². The minimum Gasteiger partial charge on any atom is -0.330 e. The Morgan fingerprint density at radius 1 is 1.26 bits per heavy atom. The van der Waals surface area contributed by atoms with Crippen LogP contribution in [0.3, 0.4) is 0 Å². The zero-order valence-corrected chi connectivity index (χ0v) is 13.7. The number of aromatic nitrogens is 3. The van der Waals surface area contributed by atoms with E-state index in [1.54, 1.807) is 11.6 Å². The van der Waals surface area contributed by atoms with Gasteiger partial charge in [-0.2, -0.15) is 13.2 Å². The molecule has 128 valence electrons. The maximum atomic E-state index is 13.6. The summed E-state index contributed by atoms with van der Waals surface area (Å²) in [6.45, 7) is 0.416. The lowest BCUT2D eigenvalue weighted by Gasteiger charge is -2.09. The zero-order chi connectivity index (χ0) is 16.3. The van der Waals surface area contributed by atoms with Gasteiger partial charge in [0.05, 0.1) is 5.56 Å². The Balaban J connectivity index is 0.00000264. The topological polar surface area (TPSA) is 56.7 Å². The lowest BCUT2D eigenvalue weighted by Crippen LogP contribution is -2.08. The van der Waals surface area contributed by atoms with Gasteiger partial charge in [-0.05, 0) is 30.3 Å². The highest BCUT2D eigenvalue weighted by atomic mass is 35.5. The summed E-state index contributed by atoms with van der Waals surface area (Å²) in [4.78, 5) is 0. The molecule has 2 N–H and O–H groups in total. The lowest BCUT2D eigenvalue weighted by atomic mass is 10.1. The Labute approximate surface area is 140 Å². The number of hydrogen-bond acceptors (Lipinski definition) is 4. The molecule has 0 spiro atoms. The molecule has 0 saturated carbocycles. The third kappa shape index (κ3) is 4.82. The molecule has 23 heavy (non-hydrogen) atoms. The van der Waals surface area contributed by atoms with Gasteiger partial charge >= 0.3 is 6.18 Å². The van der Waals surface area contributed by atoms with Crippen LogP contribution in [0.5, 0.6) is 0 Å². The molecule has 1 aromatic carbocycles. The van der Waals surface area contributed by atoms with Gasteiger partial charge in [0.2, 0.25) is 0 Å². The largest absolute Gasteiger partial charge is 0.416 e. The van der Waals surface area contributed by atoms with Crippen LogP contribution in [0.2, 0.25) is 0 Å². The molecule has 0 aliphatic rings. The van der Waals surface area contributed by atoms with Crippen molar-refractivity contribution in [3.63, 3.8) is 0 Å². The van der Waals surface area contributed by atoms with E-state index < -0.39 is 17.6 Å². The van der Waals surface area contributed by atoms with Crippen molar-refractivity contribution in [3.05, 3.63) is 41.0 Å². The number of nitrogens with zero attached hydrogens (tertiary/aromatic N) is 3. The minimum atomic E-state index is -4.49. The van der Waals surface area contributed by atoms with Crippen LogP contribution in [0.1, 0.15) is 17.0 Å². The Kier molecular flexibility index (Phi) is 6.84. The quantitative estimate of drug-likeness (QED) is 0.648. The van der Waals surface area contributed by atoms with Crippen molar-refractivity contribution in [2.24, 2.45) is 12.8 Å². The molecule has 1 heterocycles. The normalized spacial score (nSPS) is 11.4. The van der Waals surface area contributed by atoms with Crippen LogP contribution in [-0.2, 0) is 25.4 Å². The van der Waals surface area contributed by atoms with Crippen LogP contribution >= 0.6 is 24.2 Å². The fourth-order valence-electron chi connectivity index (χ4n) is 1.82. The highest BCUT2D eigenvalue weighted by molar-refractivity contribution is 7.98. The van der Waals surface area contributed by atoms with Gasteiger partial charge in [-0.25, -0.2) is 4.39 Å². The van der Waals surface area contributed by atoms with E-state index in [1.807, 2.05) is 0 Å². The molecule has 0 bridgehead atoms. The molecule has 1 aromatic heterocycles. The maximum absolute atomic E-state index is 13.6. The highest BCUT2D eigenvalue weighted by Crippen LogP contribution is 2.32. The number of alkyl halides is 3. The van der Waals surface area contributed by atoms with Crippen LogP contribution in [0.4, 0.5) is 17.6 Å². The summed E-state index contributed by atoms with van der Waals surface area (Å²) in [6, 6.07) is 2.37. The molecule has 2 aromatic rings. The Morgan fingerprint density at radius 3 is 2.57 bits per heavy atom. The molecular formula is C13H15ClF4N4S. The van der Waals surface area contributed by atoms with Crippen molar-refractivity contribution in [2.45, 2.75) is 23.5 Å². The number of hydrogen-bond donors (Lipinski definition) is 1. The van der Waals surface area contributed by atoms with Crippen molar-refractivity contribution in [1.82, 2.24) is 14.8 Å². The number of benzene rings is 1. The first-order valence-electron chi connectivity index (χ1n) is 6.39. The van der Waals surface area contributed by atoms with Gasteiger partial charge < -0.3 is 10.3 Å². The average Bonchev–Trinajstić information content (AvgIpc) is 2.78. The molecule has 0 unspecified atom stereocenters. The molecule has 0 atom stereocenters. The van der Waals surface area contributed by atoms with E-state index in [1.165, 1.54) is 0 Å². The first-order chi connectivity index (χ1) is 10.3. The smallest absolute Gasteiger partial charge is 0.330 e. The van der Waals surface area contributed by atoms with E-state index in [2.05, 4.69) is 10.2 Å².